The van der Waals surface area contributed by atoms with Gasteiger partial charge in [0.05, 0.1) is 5.70 Å². The Kier molecular flexibility index (Phi) is 2.08. The molecule has 2 aliphatic heterocycles. The Morgan fingerprint density at radius 2 is 2.00 bits per heavy atom. The maximum atomic E-state index is 3.47. The van der Waals surface area contributed by atoms with Gasteiger partial charge in [-0.25, -0.2) is 0 Å². The Morgan fingerprint density at radius 1 is 1.25 bits per heavy atom. The number of allylic oxidation sites excluding steroid dienone is 3. The van der Waals surface area contributed by atoms with E-state index in [4.69, 9.17) is 0 Å². The van der Waals surface area contributed by atoms with E-state index in [0.29, 0.717) is 0 Å². The summed E-state index contributed by atoms with van der Waals surface area (Å²) in [6, 6.07) is 0. The maximum absolute atomic E-state index is 3.47. The summed E-state index contributed by atoms with van der Waals surface area (Å²) in [6.45, 7) is 1.98. The van der Waals surface area contributed by atoms with Crippen molar-refractivity contribution in [1.29, 1.82) is 0 Å². The minimum absolute atomic E-state index is 0.991. The number of hydrogen-bond acceptors (Lipinski definition) is 3. The third kappa shape index (κ3) is 1.34. The second kappa shape index (κ2) is 3.23. The van der Waals surface area contributed by atoms with Crippen molar-refractivity contribution in [2.75, 3.05) is 13.1 Å². The van der Waals surface area contributed by atoms with Crippen molar-refractivity contribution in [2.24, 2.45) is 0 Å². The third-order valence-electron chi connectivity index (χ3n) is 1.78. The van der Waals surface area contributed by atoms with E-state index in [2.05, 4.69) is 31.9 Å². The van der Waals surface area contributed by atoms with Gasteiger partial charge in [0.15, 0.2) is 0 Å². The van der Waals surface area contributed by atoms with E-state index in [-0.39, 0.29) is 0 Å². The molecule has 3 N–H and O–H groups in total. The van der Waals surface area contributed by atoms with Gasteiger partial charge in [-0.2, -0.15) is 0 Å². The molecule has 0 atom stereocenters. The van der Waals surface area contributed by atoms with Crippen molar-refractivity contribution in [1.82, 2.24) is 16.0 Å². The van der Waals surface area contributed by atoms with Gasteiger partial charge in [0, 0.05) is 23.8 Å². The first-order chi connectivity index (χ1) is 5.88. The van der Waals surface area contributed by atoms with Crippen molar-refractivity contribution < 1.29 is 0 Å². The molecule has 0 aromatic rings. The maximum Gasteiger partial charge on any atom is 0.124 e. The molecule has 2 heterocycles. The second-order valence-electron chi connectivity index (χ2n) is 2.62. The quantitative estimate of drug-likeness (QED) is 0.572. The highest BCUT2D eigenvalue weighted by molar-refractivity contribution is 9.12. The van der Waals surface area contributed by atoms with Crippen LogP contribution in [0.1, 0.15) is 0 Å². The van der Waals surface area contributed by atoms with Crippen LogP contribution >= 0.6 is 15.9 Å². The summed E-state index contributed by atoms with van der Waals surface area (Å²) in [5, 5.41) is 9.69. The molecule has 0 bridgehead atoms. The normalized spacial score (nSPS) is 21.2. The largest absolute Gasteiger partial charge is 0.368 e. The Hall–Kier alpha value is -0.900. The van der Waals surface area contributed by atoms with Crippen molar-refractivity contribution in [3.63, 3.8) is 0 Å². The van der Waals surface area contributed by atoms with Crippen LogP contribution in [0.2, 0.25) is 0 Å². The molecular formula is C8H10BrN3. The first-order valence-corrected chi connectivity index (χ1v) is 4.68. The average Bonchev–Trinajstić information content (AvgIpc) is 2.57. The molecule has 0 amide bonds. The minimum Gasteiger partial charge on any atom is -0.368 e. The van der Waals surface area contributed by atoms with E-state index in [1.807, 2.05) is 18.4 Å². The molecule has 0 radical (unpaired) electrons. The van der Waals surface area contributed by atoms with Crippen molar-refractivity contribution in [3.8, 4) is 0 Å². The van der Waals surface area contributed by atoms with Gasteiger partial charge in [0.2, 0.25) is 0 Å². The summed E-state index contributed by atoms with van der Waals surface area (Å²) in [5.41, 5.74) is 1.08. The predicted molar refractivity (Wildman–Crippen MR) is 52.3 cm³/mol. The topological polar surface area (TPSA) is 36.1 Å². The lowest BCUT2D eigenvalue weighted by molar-refractivity contribution is 0.886. The van der Waals surface area contributed by atoms with Gasteiger partial charge in [-0.1, -0.05) is 0 Å². The molecule has 2 aliphatic rings. The molecule has 0 spiro atoms. The van der Waals surface area contributed by atoms with Crippen molar-refractivity contribution in [2.45, 2.75) is 0 Å². The van der Waals surface area contributed by atoms with Crippen molar-refractivity contribution in [3.05, 3.63) is 34.4 Å². The van der Waals surface area contributed by atoms with Crippen LogP contribution in [0.4, 0.5) is 0 Å². The molecule has 0 unspecified atom stereocenters. The van der Waals surface area contributed by atoms with E-state index >= 15 is 0 Å². The van der Waals surface area contributed by atoms with Crippen LogP contribution in [-0.4, -0.2) is 13.1 Å². The fourth-order valence-electron chi connectivity index (χ4n) is 1.22. The number of rotatable bonds is 0. The van der Waals surface area contributed by atoms with Gasteiger partial charge >= 0.3 is 0 Å². The van der Waals surface area contributed by atoms with E-state index < -0.39 is 0 Å². The summed E-state index contributed by atoms with van der Waals surface area (Å²) < 4.78 is 1.07. The molecular weight excluding hydrogens is 218 g/mol. The predicted octanol–water partition coefficient (Wildman–Crippen LogP) is 0.744. The van der Waals surface area contributed by atoms with Crippen LogP contribution in [0.3, 0.4) is 0 Å². The lowest BCUT2D eigenvalue weighted by Gasteiger charge is -2.13. The SMILES string of the molecule is BrC1=CC=CNC1=C1NCCN1. The molecule has 64 valence electrons. The number of dihydropyridines is 1. The molecule has 0 saturated carbocycles. The van der Waals surface area contributed by atoms with Crippen LogP contribution in [0, 0.1) is 0 Å². The van der Waals surface area contributed by atoms with E-state index in [1.54, 1.807) is 0 Å². The zero-order chi connectivity index (χ0) is 8.39. The highest BCUT2D eigenvalue weighted by Crippen LogP contribution is 2.19. The van der Waals surface area contributed by atoms with E-state index in [9.17, 15) is 0 Å². The molecule has 1 saturated heterocycles. The van der Waals surface area contributed by atoms with Gasteiger partial charge in [0.25, 0.3) is 0 Å². The third-order valence-corrected chi connectivity index (χ3v) is 2.44. The lowest BCUT2D eigenvalue weighted by Crippen LogP contribution is -2.21. The fraction of sp³-hybridized carbons (Fsp3) is 0.250. The van der Waals surface area contributed by atoms with Crippen LogP contribution in [0.15, 0.2) is 34.4 Å². The second-order valence-corrected chi connectivity index (χ2v) is 3.48. The van der Waals surface area contributed by atoms with Gasteiger partial charge in [0.1, 0.15) is 5.82 Å². The fourth-order valence-corrected chi connectivity index (χ4v) is 1.69. The van der Waals surface area contributed by atoms with Crippen LogP contribution in [0.5, 0.6) is 0 Å². The Morgan fingerprint density at radius 3 is 2.67 bits per heavy atom. The van der Waals surface area contributed by atoms with E-state index in [0.717, 1.165) is 29.1 Å². The summed E-state index contributed by atoms with van der Waals surface area (Å²) in [6.07, 6.45) is 5.89. The average molecular weight is 228 g/mol. The lowest BCUT2D eigenvalue weighted by atomic mass is 10.3. The Balaban J connectivity index is 2.28. The molecule has 3 nitrogen and oxygen atoms in total. The number of hydrogen-bond donors (Lipinski definition) is 3. The zero-order valence-electron chi connectivity index (χ0n) is 6.52. The highest BCUT2D eigenvalue weighted by atomic mass is 79.9. The van der Waals surface area contributed by atoms with E-state index in [1.165, 1.54) is 0 Å². The Labute approximate surface area is 79.7 Å². The zero-order valence-corrected chi connectivity index (χ0v) is 8.11. The number of halogens is 1. The summed E-state index contributed by atoms with van der Waals surface area (Å²) in [5.74, 6) is 1.07. The smallest absolute Gasteiger partial charge is 0.124 e. The van der Waals surface area contributed by atoms with Crippen LogP contribution < -0.4 is 16.0 Å². The molecule has 1 fully saturated rings. The molecule has 4 heteroatoms. The summed E-state index contributed by atoms with van der Waals surface area (Å²) >= 11 is 3.47. The van der Waals surface area contributed by atoms with Gasteiger partial charge in [-0.15, -0.1) is 0 Å². The summed E-state index contributed by atoms with van der Waals surface area (Å²) in [4.78, 5) is 0. The standard InChI is InChI=1S/C8H10BrN3/c9-6-2-1-3-10-7(6)8-11-4-5-12-8/h1-3,10-12H,4-5H2. The van der Waals surface area contributed by atoms with Crippen LogP contribution in [0.25, 0.3) is 0 Å². The van der Waals surface area contributed by atoms with Gasteiger partial charge in [-0.3, -0.25) is 0 Å². The Bertz CT molecular complexity index is 270. The number of nitrogens with one attached hydrogen (secondary N) is 3. The molecule has 2 rings (SSSR count). The highest BCUT2D eigenvalue weighted by Gasteiger charge is 2.13. The van der Waals surface area contributed by atoms with Crippen LogP contribution in [-0.2, 0) is 0 Å². The molecule has 0 aromatic heterocycles. The van der Waals surface area contributed by atoms with Gasteiger partial charge < -0.3 is 16.0 Å². The molecule has 12 heavy (non-hydrogen) atoms. The molecule has 0 aliphatic carbocycles. The minimum atomic E-state index is 0.991. The summed E-state index contributed by atoms with van der Waals surface area (Å²) in [7, 11) is 0. The molecule has 0 aromatic carbocycles. The van der Waals surface area contributed by atoms with Gasteiger partial charge in [-0.05, 0) is 28.1 Å². The van der Waals surface area contributed by atoms with Crippen molar-refractivity contribution >= 4 is 15.9 Å². The first kappa shape index (κ1) is 7.73. The monoisotopic (exact) mass is 227 g/mol. The first-order valence-electron chi connectivity index (χ1n) is 3.89.